The Balaban J connectivity index is 1.44. The molecule has 0 aliphatic carbocycles. The molecule has 2 amide bonds. The molecule has 2 fully saturated rings. The number of hydrogen-bond acceptors (Lipinski definition) is 6. The summed E-state index contributed by atoms with van der Waals surface area (Å²) in [6.07, 6.45) is -1.03. The van der Waals surface area contributed by atoms with Gasteiger partial charge in [-0.25, -0.2) is 9.29 Å². The van der Waals surface area contributed by atoms with Crippen molar-refractivity contribution in [2.45, 2.75) is 25.7 Å². The fourth-order valence-electron chi connectivity index (χ4n) is 4.67. The maximum atomic E-state index is 14.4. The van der Waals surface area contributed by atoms with Crippen molar-refractivity contribution >= 4 is 17.5 Å². The van der Waals surface area contributed by atoms with Crippen LogP contribution in [0.5, 0.6) is 11.5 Å². The molecule has 3 aromatic rings. The summed E-state index contributed by atoms with van der Waals surface area (Å²) < 4.78 is 26.2. The smallest absolute Gasteiger partial charge is 0.266 e. The number of hydroxylamine groups is 2. The molecule has 0 spiro atoms. The molecule has 0 radical (unpaired) electrons. The van der Waals surface area contributed by atoms with Gasteiger partial charge in [0.15, 0.2) is 17.6 Å². The van der Waals surface area contributed by atoms with Crippen LogP contribution in [0.4, 0.5) is 10.1 Å². The highest BCUT2D eigenvalue weighted by Gasteiger charge is 2.59. The number of carbonyl (C=O) groups is 2. The van der Waals surface area contributed by atoms with Gasteiger partial charge in [0.1, 0.15) is 12.4 Å². The van der Waals surface area contributed by atoms with Crippen LogP contribution in [0.1, 0.15) is 24.1 Å². The van der Waals surface area contributed by atoms with Crippen LogP contribution in [0.25, 0.3) is 0 Å². The average Bonchev–Trinajstić information content (AvgIpc) is 3.32. The molecule has 7 nitrogen and oxygen atoms in total. The first-order valence-corrected chi connectivity index (χ1v) is 11.4. The molecule has 0 bridgehead atoms. The second-order valence-electron chi connectivity index (χ2n) is 8.42. The van der Waals surface area contributed by atoms with Crippen molar-refractivity contribution in [1.82, 2.24) is 5.06 Å². The maximum absolute atomic E-state index is 14.4. The molecule has 2 heterocycles. The van der Waals surface area contributed by atoms with E-state index < -0.39 is 35.7 Å². The van der Waals surface area contributed by atoms with E-state index >= 15 is 0 Å². The molecule has 0 unspecified atom stereocenters. The van der Waals surface area contributed by atoms with E-state index in [0.29, 0.717) is 24.7 Å². The molecule has 35 heavy (non-hydrogen) atoms. The standard InChI is InChI=1S/C27H25FN2O5/c1-3-33-22-15-18(13-14-21(22)34-16-17-9-5-4-6-10-17)24-23-25(35-29(24)2)27(32)30(26(23)31)20-12-8-7-11-19(20)28/h4-15,23-25H,3,16H2,1-2H3/t23-,24+,25-/m1/s1. The summed E-state index contributed by atoms with van der Waals surface area (Å²) in [5, 5.41) is 1.51. The van der Waals surface area contributed by atoms with Gasteiger partial charge >= 0.3 is 0 Å². The Morgan fingerprint density at radius 1 is 0.914 bits per heavy atom. The number of rotatable bonds is 7. The lowest BCUT2D eigenvalue weighted by Crippen LogP contribution is -2.36. The summed E-state index contributed by atoms with van der Waals surface area (Å²) in [5.41, 5.74) is 1.68. The quantitative estimate of drug-likeness (QED) is 0.474. The number of hydrogen-bond donors (Lipinski definition) is 0. The SMILES string of the molecule is CCOc1cc([C@H]2[C@H]3C(=O)N(c4ccccc4F)C(=O)[C@@H]3ON2C)ccc1OCc1ccccc1. The molecule has 5 rings (SSSR count). The van der Waals surface area contributed by atoms with Crippen LogP contribution in [-0.4, -0.2) is 36.6 Å². The van der Waals surface area contributed by atoms with Gasteiger partial charge in [-0.3, -0.25) is 14.4 Å². The molecule has 8 heteroatoms. The predicted octanol–water partition coefficient (Wildman–Crippen LogP) is 4.28. The molecular formula is C27H25FN2O5. The molecule has 0 saturated carbocycles. The molecule has 2 aliphatic heterocycles. The Morgan fingerprint density at radius 3 is 2.40 bits per heavy atom. The van der Waals surface area contributed by atoms with Crippen molar-refractivity contribution in [3.05, 3.63) is 89.7 Å². The molecule has 2 saturated heterocycles. The van der Waals surface area contributed by atoms with Gasteiger partial charge < -0.3 is 9.47 Å². The lowest BCUT2D eigenvalue weighted by Gasteiger charge is -2.25. The lowest BCUT2D eigenvalue weighted by molar-refractivity contribution is -0.160. The highest BCUT2D eigenvalue weighted by Crippen LogP contribution is 2.46. The zero-order valence-electron chi connectivity index (χ0n) is 19.4. The molecule has 180 valence electrons. The summed E-state index contributed by atoms with van der Waals surface area (Å²) in [5.74, 6) is -1.44. The van der Waals surface area contributed by atoms with Crippen molar-refractivity contribution < 1.29 is 28.3 Å². The van der Waals surface area contributed by atoms with Gasteiger partial charge in [-0.15, -0.1) is 0 Å². The van der Waals surface area contributed by atoms with Crippen LogP contribution in [0, 0.1) is 11.7 Å². The van der Waals surface area contributed by atoms with Crippen LogP contribution in [0.2, 0.25) is 0 Å². The first-order chi connectivity index (χ1) is 17.0. The largest absolute Gasteiger partial charge is 0.490 e. The first-order valence-electron chi connectivity index (χ1n) is 11.4. The van der Waals surface area contributed by atoms with Crippen molar-refractivity contribution in [2.24, 2.45) is 5.92 Å². The fourth-order valence-corrected chi connectivity index (χ4v) is 4.67. The summed E-state index contributed by atoms with van der Waals surface area (Å²) in [4.78, 5) is 33.1. The van der Waals surface area contributed by atoms with Gasteiger partial charge in [-0.1, -0.05) is 48.5 Å². The summed E-state index contributed by atoms with van der Waals surface area (Å²) in [6, 6.07) is 20.4. The number of imide groups is 1. The van der Waals surface area contributed by atoms with Gasteiger partial charge in [0.05, 0.1) is 24.3 Å². The lowest BCUT2D eigenvalue weighted by atomic mass is 9.91. The fraction of sp³-hybridized carbons (Fsp3) is 0.259. The molecular weight excluding hydrogens is 451 g/mol. The maximum Gasteiger partial charge on any atom is 0.266 e. The molecule has 3 aromatic carbocycles. The van der Waals surface area contributed by atoms with Gasteiger partial charge in [0, 0.05) is 7.05 Å². The van der Waals surface area contributed by atoms with E-state index in [2.05, 4.69) is 0 Å². The third-order valence-electron chi connectivity index (χ3n) is 6.25. The zero-order valence-corrected chi connectivity index (χ0v) is 19.4. The minimum atomic E-state index is -1.03. The number of para-hydroxylation sites is 1. The number of amides is 2. The first kappa shape index (κ1) is 23.0. The minimum absolute atomic E-state index is 0.0680. The predicted molar refractivity (Wildman–Crippen MR) is 126 cm³/mol. The number of halogens is 1. The van der Waals surface area contributed by atoms with Crippen LogP contribution < -0.4 is 14.4 Å². The third-order valence-corrected chi connectivity index (χ3v) is 6.25. The van der Waals surface area contributed by atoms with Crippen molar-refractivity contribution in [3.63, 3.8) is 0 Å². The third kappa shape index (κ3) is 4.15. The number of anilines is 1. The number of benzene rings is 3. The molecule has 0 aromatic heterocycles. The number of fused-ring (bicyclic) bond motifs is 1. The zero-order chi connectivity index (χ0) is 24.5. The highest BCUT2D eigenvalue weighted by molar-refractivity contribution is 6.23. The van der Waals surface area contributed by atoms with Gasteiger partial charge in [-0.05, 0) is 42.3 Å². The Bertz CT molecular complexity index is 1250. The Morgan fingerprint density at radius 2 is 1.66 bits per heavy atom. The van der Waals surface area contributed by atoms with E-state index in [1.807, 2.05) is 43.3 Å². The molecule has 0 N–H and O–H groups in total. The normalized spacial score (nSPS) is 21.9. The minimum Gasteiger partial charge on any atom is -0.490 e. The van der Waals surface area contributed by atoms with Gasteiger partial charge in [0.25, 0.3) is 5.91 Å². The summed E-state index contributed by atoms with van der Waals surface area (Å²) in [7, 11) is 1.68. The summed E-state index contributed by atoms with van der Waals surface area (Å²) >= 11 is 0. The monoisotopic (exact) mass is 476 g/mol. The van der Waals surface area contributed by atoms with Crippen LogP contribution in [0.15, 0.2) is 72.8 Å². The van der Waals surface area contributed by atoms with E-state index in [9.17, 15) is 14.0 Å². The molecule has 3 atom stereocenters. The van der Waals surface area contributed by atoms with E-state index in [1.165, 1.54) is 23.3 Å². The number of carbonyl (C=O) groups excluding carboxylic acids is 2. The molecule has 2 aliphatic rings. The topological polar surface area (TPSA) is 68.3 Å². The second-order valence-corrected chi connectivity index (χ2v) is 8.42. The number of nitrogens with zero attached hydrogens (tertiary/aromatic N) is 2. The second kappa shape index (κ2) is 9.48. The van der Waals surface area contributed by atoms with Crippen LogP contribution >= 0.6 is 0 Å². The Labute approximate surface area is 202 Å². The van der Waals surface area contributed by atoms with Crippen molar-refractivity contribution in [1.29, 1.82) is 0 Å². The highest BCUT2D eigenvalue weighted by atomic mass is 19.1. The van der Waals surface area contributed by atoms with Gasteiger partial charge in [-0.2, -0.15) is 5.06 Å². The Kier molecular flexibility index (Phi) is 6.23. The summed E-state index contributed by atoms with van der Waals surface area (Å²) in [6.45, 7) is 2.68. The van der Waals surface area contributed by atoms with E-state index in [1.54, 1.807) is 25.2 Å². The van der Waals surface area contributed by atoms with Gasteiger partial charge in [0.2, 0.25) is 5.91 Å². The van der Waals surface area contributed by atoms with E-state index in [-0.39, 0.29) is 5.69 Å². The van der Waals surface area contributed by atoms with Crippen molar-refractivity contribution in [3.8, 4) is 11.5 Å². The Hall–Kier alpha value is -3.75. The van der Waals surface area contributed by atoms with E-state index in [0.717, 1.165) is 16.0 Å². The average molecular weight is 477 g/mol. The van der Waals surface area contributed by atoms with E-state index in [4.69, 9.17) is 14.3 Å². The van der Waals surface area contributed by atoms with Crippen molar-refractivity contribution in [2.75, 3.05) is 18.6 Å². The van der Waals surface area contributed by atoms with Crippen LogP contribution in [0.3, 0.4) is 0 Å². The number of ether oxygens (including phenoxy) is 2. The van der Waals surface area contributed by atoms with Crippen LogP contribution in [-0.2, 0) is 21.0 Å².